The number of anilines is 2. The molecule has 7 heteroatoms. The zero-order chi connectivity index (χ0) is 19.9. The van der Waals surface area contributed by atoms with E-state index >= 15 is 0 Å². The van der Waals surface area contributed by atoms with Gasteiger partial charge >= 0.3 is 0 Å². The van der Waals surface area contributed by atoms with Crippen molar-refractivity contribution in [2.45, 2.75) is 0 Å². The Labute approximate surface area is 162 Å². The fourth-order valence-electron chi connectivity index (χ4n) is 2.51. The number of amides is 2. The summed E-state index contributed by atoms with van der Waals surface area (Å²) in [6.07, 6.45) is 1.47. The van der Waals surface area contributed by atoms with Crippen LogP contribution in [0.25, 0.3) is 0 Å². The van der Waals surface area contributed by atoms with E-state index in [4.69, 9.17) is 9.47 Å². The summed E-state index contributed by atoms with van der Waals surface area (Å²) in [6, 6.07) is 16.9. The Kier molecular flexibility index (Phi) is 5.86. The normalized spacial score (nSPS) is 10.1. The highest BCUT2D eigenvalue weighted by Gasteiger charge is 2.18. The van der Waals surface area contributed by atoms with E-state index in [2.05, 4.69) is 15.6 Å². The molecule has 0 saturated carbocycles. The first kappa shape index (κ1) is 18.9. The molecular formula is C21H19N3O4. The van der Waals surface area contributed by atoms with Crippen LogP contribution in [0.2, 0.25) is 0 Å². The molecule has 3 rings (SSSR count). The van der Waals surface area contributed by atoms with Crippen LogP contribution in [0, 0.1) is 0 Å². The van der Waals surface area contributed by atoms with Gasteiger partial charge in [0.15, 0.2) is 0 Å². The van der Waals surface area contributed by atoms with Gasteiger partial charge in [-0.05, 0) is 60.7 Å². The molecule has 1 aromatic heterocycles. The molecule has 0 bridgehead atoms. The molecule has 2 amide bonds. The number of nitrogens with one attached hydrogen (secondary N) is 2. The van der Waals surface area contributed by atoms with Crippen LogP contribution < -0.4 is 20.1 Å². The van der Waals surface area contributed by atoms with Gasteiger partial charge in [0.05, 0.1) is 19.8 Å². The Morgan fingerprint density at radius 2 is 1.25 bits per heavy atom. The highest BCUT2D eigenvalue weighted by atomic mass is 16.5. The van der Waals surface area contributed by atoms with Crippen molar-refractivity contribution in [3.05, 3.63) is 78.1 Å². The molecule has 1 heterocycles. The van der Waals surface area contributed by atoms with E-state index in [1.54, 1.807) is 74.9 Å². The third kappa shape index (κ3) is 4.45. The van der Waals surface area contributed by atoms with Gasteiger partial charge in [0.2, 0.25) is 0 Å². The number of nitrogens with zero attached hydrogens (tertiary/aromatic N) is 1. The number of aromatic nitrogens is 1. The van der Waals surface area contributed by atoms with Gasteiger partial charge in [-0.1, -0.05) is 0 Å². The van der Waals surface area contributed by atoms with E-state index in [0.29, 0.717) is 22.9 Å². The lowest BCUT2D eigenvalue weighted by Gasteiger charge is -2.10. The van der Waals surface area contributed by atoms with Crippen LogP contribution in [-0.4, -0.2) is 31.0 Å². The lowest BCUT2D eigenvalue weighted by Crippen LogP contribution is -2.21. The molecule has 7 nitrogen and oxygen atoms in total. The van der Waals surface area contributed by atoms with Crippen molar-refractivity contribution in [3.8, 4) is 11.5 Å². The molecule has 0 fully saturated rings. The summed E-state index contributed by atoms with van der Waals surface area (Å²) in [5.74, 6) is 0.443. The minimum absolute atomic E-state index is 0.0318. The summed E-state index contributed by atoms with van der Waals surface area (Å²) in [6.45, 7) is 0. The molecule has 0 atom stereocenters. The molecule has 0 spiro atoms. The first-order valence-electron chi connectivity index (χ1n) is 8.46. The standard InChI is InChI=1S/C21H19N3O4/c1-27-16-9-5-14(6-10-16)23-20(25)18-4-3-13-22-19(18)21(26)24-15-7-11-17(28-2)12-8-15/h3-13H,1-2H3,(H,23,25)(H,24,26). The van der Waals surface area contributed by atoms with Crippen molar-refractivity contribution >= 4 is 23.2 Å². The van der Waals surface area contributed by atoms with E-state index in [0.717, 1.165) is 0 Å². The maximum atomic E-state index is 12.7. The first-order valence-corrected chi connectivity index (χ1v) is 8.46. The first-order chi connectivity index (χ1) is 13.6. The SMILES string of the molecule is COc1ccc(NC(=O)c2cccnc2C(=O)Nc2ccc(OC)cc2)cc1. The van der Waals surface area contributed by atoms with Gasteiger partial charge in [0.25, 0.3) is 11.8 Å². The zero-order valence-electron chi connectivity index (χ0n) is 15.4. The van der Waals surface area contributed by atoms with Crippen LogP contribution in [0.15, 0.2) is 66.9 Å². The molecule has 3 aromatic rings. The van der Waals surface area contributed by atoms with Crippen molar-refractivity contribution in [1.29, 1.82) is 0 Å². The predicted molar refractivity (Wildman–Crippen MR) is 106 cm³/mol. The van der Waals surface area contributed by atoms with Crippen LogP contribution in [0.5, 0.6) is 11.5 Å². The number of benzene rings is 2. The molecule has 0 aliphatic heterocycles. The number of hydrogen-bond acceptors (Lipinski definition) is 5. The van der Waals surface area contributed by atoms with E-state index in [1.807, 2.05) is 0 Å². The number of hydrogen-bond donors (Lipinski definition) is 2. The topological polar surface area (TPSA) is 89.5 Å². The molecule has 0 aliphatic carbocycles. The van der Waals surface area contributed by atoms with E-state index in [1.165, 1.54) is 6.20 Å². The summed E-state index contributed by atoms with van der Waals surface area (Å²) in [5.41, 5.74) is 1.35. The third-order valence-electron chi connectivity index (χ3n) is 3.96. The highest BCUT2D eigenvalue weighted by molar-refractivity contribution is 6.14. The Bertz CT molecular complexity index is 889. The smallest absolute Gasteiger partial charge is 0.275 e. The quantitative estimate of drug-likeness (QED) is 0.685. The van der Waals surface area contributed by atoms with Gasteiger partial charge in [-0.25, -0.2) is 0 Å². The van der Waals surface area contributed by atoms with E-state index in [9.17, 15) is 9.59 Å². The minimum atomic E-state index is -0.481. The fourth-order valence-corrected chi connectivity index (χ4v) is 2.51. The monoisotopic (exact) mass is 377 g/mol. The number of methoxy groups -OCH3 is 2. The lowest BCUT2D eigenvalue weighted by atomic mass is 10.1. The second kappa shape index (κ2) is 8.68. The Balaban J connectivity index is 1.76. The van der Waals surface area contributed by atoms with Crippen LogP contribution in [0.4, 0.5) is 11.4 Å². The van der Waals surface area contributed by atoms with E-state index in [-0.39, 0.29) is 11.3 Å². The minimum Gasteiger partial charge on any atom is -0.497 e. The van der Waals surface area contributed by atoms with Gasteiger partial charge in [-0.3, -0.25) is 14.6 Å². The fraction of sp³-hybridized carbons (Fsp3) is 0.0952. The van der Waals surface area contributed by atoms with Crippen LogP contribution >= 0.6 is 0 Å². The molecule has 0 aliphatic rings. The van der Waals surface area contributed by atoms with Crippen molar-refractivity contribution in [2.24, 2.45) is 0 Å². The van der Waals surface area contributed by atoms with Gasteiger partial charge in [-0.15, -0.1) is 0 Å². The summed E-state index contributed by atoms with van der Waals surface area (Å²) in [5, 5.41) is 5.48. The third-order valence-corrected chi connectivity index (χ3v) is 3.96. The second-order valence-electron chi connectivity index (χ2n) is 5.76. The molecular weight excluding hydrogens is 358 g/mol. The van der Waals surface area contributed by atoms with Gasteiger partial charge in [0, 0.05) is 17.6 Å². The number of carbonyl (C=O) groups is 2. The van der Waals surface area contributed by atoms with Crippen molar-refractivity contribution < 1.29 is 19.1 Å². The molecule has 2 N–H and O–H groups in total. The summed E-state index contributed by atoms with van der Waals surface area (Å²) >= 11 is 0. The second-order valence-corrected chi connectivity index (χ2v) is 5.76. The molecule has 142 valence electrons. The van der Waals surface area contributed by atoms with Crippen LogP contribution in [0.3, 0.4) is 0 Å². The summed E-state index contributed by atoms with van der Waals surface area (Å²) in [7, 11) is 3.13. The maximum Gasteiger partial charge on any atom is 0.275 e. The van der Waals surface area contributed by atoms with Crippen molar-refractivity contribution in [1.82, 2.24) is 4.98 Å². The number of ether oxygens (including phenoxy) is 2. The van der Waals surface area contributed by atoms with E-state index < -0.39 is 11.8 Å². The predicted octanol–water partition coefficient (Wildman–Crippen LogP) is 3.60. The van der Waals surface area contributed by atoms with Crippen LogP contribution in [0.1, 0.15) is 20.8 Å². The number of rotatable bonds is 6. The maximum absolute atomic E-state index is 12.7. The van der Waals surface area contributed by atoms with Gasteiger partial charge in [-0.2, -0.15) is 0 Å². The molecule has 0 radical (unpaired) electrons. The van der Waals surface area contributed by atoms with Gasteiger partial charge < -0.3 is 20.1 Å². The molecule has 2 aromatic carbocycles. The Morgan fingerprint density at radius 3 is 1.75 bits per heavy atom. The van der Waals surface area contributed by atoms with Crippen molar-refractivity contribution in [3.63, 3.8) is 0 Å². The van der Waals surface area contributed by atoms with Gasteiger partial charge in [0.1, 0.15) is 17.2 Å². The Hall–Kier alpha value is -3.87. The number of pyridine rings is 1. The largest absolute Gasteiger partial charge is 0.497 e. The lowest BCUT2D eigenvalue weighted by molar-refractivity contribution is 0.0987. The average molecular weight is 377 g/mol. The summed E-state index contributed by atoms with van der Waals surface area (Å²) in [4.78, 5) is 29.4. The molecule has 0 unspecified atom stereocenters. The average Bonchev–Trinajstić information content (AvgIpc) is 2.74. The Morgan fingerprint density at radius 1 is 0.750 bits per heavy atom. The molecule has 28 heavy (non-hydrogen) atoms. The zero-order valence-corrected chi connectivity index (χ0v) is 15.4. The van der Waals surface area contributed by atoms with Crippen LogP contribution in [-0.2, 0) is 0 Å². The van der Waals surface area contributed by atoms with Crippen molar-refractivity contribution in [2.75, 3.05) is 24.9 Å². The number of carbonyl (C=O) groups excluding carboxylic acids is 2. The summed E-state index contributed by atoms with van der Waals surface area (Å²) < 4.78 is 10.2. The molecule has 0 saturated heterocycles. The highest BCUT2D eigenvalue weighted by Crippen LogP contribution is 2.18.